The number of ether oxygens (including phenoxy) is 1. The number of rotatable bonds is 2. The van der Waals surface area contributed by atoms with Gasteiger partial charge in [0.05, 0.1) is 6.61 Å². The van der Waals surface area contributed by atoms with E-state index in [1.807, 2.05) is 0 Å². The van der Waals surface area contributed by atoms with Crippen LogP contribution in [-0.4, -0.2) is 38.3 Å². The minimum absolute atomic E-state index is 0.690. The van der Waals surface area contributed by atoms with Crippen molar-refractivity contribution in [1.29, 1.82) is 0 Å². The van der Waals surface area contributed by atoms with Crippen molar-refractivity contribution in [2.45, 2.75) is 18.9 Å². The molecule has 0 bridgehead atoms. The van der Waals surface area contributed by atoms with Gasteiger partial charge in [-0.2, -0.15) is 0 Å². The Morgan fingerprint density at radius 3 is 2.89 bits per heavy atom. The summed E-state index contributed by atoms with van der Waals surface area (Å²) in [6.45, 7) is 2.14. The Kier molecular flexibility index (Phi) is 2.49. The van der Waals surface area contributed by atoms with Gasteiger partial charge in [-0.15, -0.1) is 0 Å². The molecule has 1 fully saturated rings. The summed E-state index contributed by atoms with van der Waals surface area (Å²) in [5, 5.41) is 0. The smallest absolute Gasteiger partial charge is 0.0617 e. The zero-order valence-electron chi connectivity index (χ0n) is 6.26. The van der Waals surface area contributed by atoms with Crippen molar-refractivity contribution in [3.63, 3.8) is 0 Å². The molecular weight excluding hydrogens is 114 g/mol. The molecule has 1 unspecified atom stereocenters. The molecule has 2 heteroatoms. The van der Waals surface area contributed by atoms with Gasteiger partial charge in [0, 0.05) is 13.2 Å². The molecule has 9 heavy (non-hydrogen) atoms. The number of likely N-dealkylation sites (tertiary alicyclic amines) is 1. The molecule has 54 valence electrons. The fourth-order valence-electron chi connectivity index (χ4n) is 1.38. The normalized spacial score (nSPS) is 29.3. The van der Waals surface area contributed by atoms with Crippen LogP contribution in [0.2, 0.25) is 0 Å². The lowest BCUT2D eigenvalue weighted by Gasteiger charge is -2.17. The predicted octanol–water partition coefficient (Wildman–Crippen LogP) is 0.727. The number of hydrogen-bond donors (Lipinski definition) is 0. The van der Waals surface area contributed by atoms with Crippen molar-refractivity contribution < 1.29 is 4.74 Å². The first kappa shape index (κ1) is 7.03. The highest BCUT2D eigenvalue weighted by Gasteiger charge is 2.19. The summed E-state index contributed by atoms with van der Waals surface area (Å²) in [7, 11) is 3.93. The maximum atomic E-state index is 5.05. The van der Waals surface area contributed by atoms with Crippen LogP contribution in [0, 0.1) is 0 Å². The summed E-state index contributed by atoms with van der Waals surface area (Å²) in [5.74, 6) is 0. The average Bonchev–Trinajstić information content (AvgIpc) is 2.18. The lowest BCUT2D eigenvalue weighted by molar-refractivity contribution is 0.129. The van der Waals surface area contributed by atoms with Crippen LogP contribution in [0.15, 0.2) is 0 Å². The number of likely N-dealkylation sites (N-methyl/N-ethyl adjacent to an activating group) is 1. The third kappa shape index (κ3) is 1.66. The van der Waals surface area contributed by atoms with Gasteiger partial charge >= 0.3 is 0 Å². The molecule has 1 aliphatic heterocycles. The van der Waals surface area contributed by atoms with Gasteiger partial charge in [-0.05, 0) is 26.4 Å². The molecule has 0 aromatic heterocycles. The van der Waals surface area contributed by atoms with Crippen LogP contribution in [0.4, 0.5) is 0 Å². The van der Waals surface area contributed by atoms with Gasteiger partial charge in [0.25, 0.3) is 0 Å². The highest BCUT2D eigenvalue weighted by molar-refractivity contribution is 4.75. The van der Waals surface area contributed by atoms with E-state index in [0.29, 0.717) is 6.04 Å². The second kappa shape index (κ2) is 3.18. The molecule has 0 radical (unpaired) electrons. The van der Waals surface area contributed by atoms with Crippen LogP contribution in [0.3, 0.4) is 0 Å². The van der Waals surface area contributed by atoms with Crippen molar-refractivity contribution in [1.82, 2.24) is 4.90 Å². The lowest BCUT2D eigenvalue weighted by atomic mass is 10.2. The molecule has 1 atom stereocenters. The Bertz CT molecular complexity index is 85.0. The molecule has 0 aromatic carbocycles. The second-order valence-corrected chi connectivity index (χ2v) is 2.73. The zero-order chi connectivity index (χ0) is 6.69. The van der Waals surface area contributed by atoms with Crippen LogP contribution in [-0.2, 0) is 4.74 Å². The number of methoxy groups -OCH3 is 1. The van der Waals surface area contributed by atoms with Crippen molar-refractivity contribution in [3.8, 4) is 0 Å². The van der Waals surface area contributed by atoms with E-state index in [-0.39, 0.29) is 0 Å². The summed E-state index contributed by atoms with van der Waals surface area (Å²) < 4.78 is 5.05. The van der Waals surface area contributed by atoms with E-state index in [4.69, 9.17) is 4.74 Å². The van der Waals surface area contributed by atoms with Crippen LogP contribution in [0.5, 0.6) is 0 Å². The second-order valence-electron chi connectivity index (χ2n) is 2.73. The van der Waals surface area contributed by atoms with Crippen LogP contribution in [0.1, 0.15) is 12.8 Å². The number of hydrogen-bond acceptors (Lipinski definition) is 2. The van der Waals surface area contributed by atoms with E-state index < -0.39 is 0 Å². The largest absolute Gasteiger partial charge is 0.383 e. The maximum Gasteiger partial charge on any atom is 0.0617 e. The summed E-state index contributed by atoms with van der Waals surface area (Å²) in [6, 6.07) is 0.690. The van der Waals surface area contributed by atoms with Crippen LogP contribution < -0.4 is 0 Å². The first-order chi connectivity index (χ1) is 4.34. The van der Waals surface area contributed by atoms with Crippen molar-refractivity contribution >= 4 is 0 Å². The Hall–Kier alpha value is -0.0800. The minimum Gasteiger partial charge on any atom is -0.383 e. The number of nitrogens with zero attached hydrogens (tertiary/aromatic N) is 1. The van der Waals surface area contributed by atoms with E-state index in [2.05, 4.69) is 11.9 Å². The summed E-state index contributed by atoms with van der Waals surface area (Å²) >= 11 is 0. The monoisotopic (exact) mass is 129 g/mol. The molecule has 1 rings (SSSR count). The highest BCUT2D eigenvalue weighted by atomic mass is 16.5. The molecule has 0 spiro atoms. The molecule has 0 amide bonds. The molecule has 0 aliphatic carbocycles. The average molecular weight is 129 g/mol. The van der Waals surface area contributed by atoms with E-state index in [1.54, 1.807) is 7.11 Å². The molecule has 0 aromatic rings. The van der Waals surface area contributed by atoms with E-state index in [9.17, 15) is 0 Å². The van der Waals surface area contributed by atoms with Gasteiger partial charge < -0.3 is 9.64 Å². The lowest BCUT2D eigenvalue weighted by Crippen LogP contribution is -2.28. The molecular formula is C7H15NO. The Balaban J connectivity index is 2.22. The van der Waals surface area contributed by atoms with E-state index in [0.717, 1.165) is 6.61 Å². The molecule has 1 saturated heterocycles. The Morgan fingerprint density at radius 2 is 2.44 bits per heavy atom. The predicted molar refractivity (Wildman–Crippen MR) is 37.5 cm³/mol. The van der Waals surface area contributed by atoms with Gasteiger partial charge in [0.15, 0.2) is 0 Å². The summed E-state index contributed by atoms with van der Waals surface area (Å²) in [5.41, 5.74) is 0. The first-order valence-electron chi connectivity index (χ1n) is 3.54. The van der Waals surface area contributed by atoms with Gasteiger partial charge in [0.1, 0.15) is 0 Å². The van der Waals surface area contributed by atoms with Crippen molar-refractivity contribution in [2.24, 2.45) is 0 Å². The molecule has 1 heterocycles. The van der Waals surface area contributed by atoms with Gasteiger partial charge in [-0.3, -0.25) is 0 Å². The molecule has 1 aliphatic rings. The third-order valence-corrected chi connectivity index (χ3v) is 2.03. The standard InChI is InChI=1S/C7H15NO/c1-8-5-3-4-7(8)6-9-2/h7H,3-6H2,1-2H3. The van der Waals surface area contributed by atoms with Crippen molar-refractivity contribution in [2.75, 3.05) is 27.3 Å². The Labute approximate surface area is 56.8 Å². The maximum absolute atomic E-state index is 5.05. The summed E-state index contributed by atoms with van der Waals surface area (Å²) in [4.78, 5) is 2.36. The van der Waals surface area contributed by atoms with Crippen LogP contribution >= 0.6 is 0 Å². The molecule has 2 nitrogen and oxygen atoms in total. The molecule has 0 N–H and O–H groups in total. The topological polar surface area (TPSA) is 12.5 Å². The van der Waals surface area contributed by atoms with Crippen LogP contribution in [0.25, 0.3) is 0 Å². The fourth-order valence-corrected chi connectivity index (χ4v) is 1.38. The Morgan fingerprint density at radius 1 is 1.67 bits per heavy atom. The zero-order valence-corrected chi connectivity index (χ0v) is 6.26. The van der Waals surface area contributed by atoms with E-state index >= 15 is 0 Å². The van der Waals surface area contributed by atoms with Crippen molar-refractivity contribution in [3.05, 3.63) is 0 Å². The highest BCUT2D eigenvalue weighted by Crippen LogP contribution is 2.13. The van der Waals surface area contributed by atoms with Gasteiger partial charge in [-0.1, -0.05) is 0 Å². The van der Waals surface area contributed by atoms with E-state index in [1.165, 1.54) is 19.4 Å². The SMILES string of the molecule is COCC1CCCN1C. The molecule has 0 saturated carbocycles. The first-order valence-corrected chi connectivity index (χ1v) is 3.54. The summed E-state index contributed by atoms with van der Waals surface area (Å²) in [6.07, 6.45) is 2.65. The third-order valence-electron chi connectivity index (χ3n) is 2.03. The van der Waals surface area contributed by atoms with Gasteiger partial charge in [0.2, 0.25) is 0 Å². The van der Waals surface area contributed by atoms with Gasteiger partial charge in [-0.25, -0.2) is 0 Å². The quantitative estimate of drug-likeness (QED) is 0.545. The fraction of sp³-hybridized carbons (Fsp3) is 1.00. The minimum atomic E-state index is 0.690.